The predicted octanol–water partition coefficient (Wildman–Crippen LogP) is 2.24. The van der Waals surface area contributed by atoms with E-state index in [1.54, 1.807) is 0 Å². The molecule has 2 rings (SSSR count). The molecule has 21 heavy (non-hydrogen) atoms. The van der Waals surface area contributed by atoms with Crippen molar-refractivity contribution in [3.05, 3.63) is 29.6 Å². The minimum absolute atomic E-state index is 0.00986. The van der Waals surface area contributed by atoms with Crippen LogP contribution in [0.1, 0.15) is 37.7 Å². The van der Waals surface area contributed by atoms with Gasteiger partial charge in [0, 0.05) is 23.7 Å². The molecule has 0 aliphatic carbocycles. The molecule has 6 nitrogen and oxygen atoms in total. The van der Waals surface area contributed by atoms with Crippen molar-refractivity contribution in [2.24, 2.45) is 12.5 Å². The third kappa shape index (κ3) is 2.94. The maximum atomic E-state index is 12.7. The fraction of sp³-hybridized carbons (Fsp3) is 0.467. The topological polar surface area (TPSA) is 65.6 Å². The molecule has 0 radical (unpaired) electrons. The Balaban J connectivity index is 2.60. The molecule has 0 atom stereocenters. The van der Waals surface area contributed by atoms with Crippen LogP contribution in [0.3, 0.4) is 0 Å². The Kier molecular flexibility index (Phi) is 3.80. The van der Waals surface area contributed by atoms with Gasteiger partial charge in [-0.2, -0.15) is 10.2 Å². The van der Waals surface area contributed by atoms with Gasteiger partial charge in [0.25, 0.3) is 0 Å². The van der Waals surface area contributed by atoms with E-state index < -0.39 is 5.41 Å². The van der Waals surface area contributed by atoms with Gasteiger partial charge in [0.1, 0.15) is 18.4 Å². The van der Waals surface area contributed by atoms with Gasteiger partial charge in [-0.25, -0.2) is 9.67 Å². The summed E-state index contributed by atoms with van der Waals surface area (Å²) >= 11 is 0. The van der Waals surface area contributed by atoms with Crippen molar-refractivity contribution in [2.75, 3.05) is 0 Å². The Bertz CT molecular complexity index is 686. The summed E-state index contributed by atoms with van der Waals surface area (Å²) in [6.45, 7) is 9.58. The van der Waals surface area contributed by atoms with Crippen LogP contribution in [0.5, 0.6) is 0 Å². The lowest BCUT2D eigenvalue weighted by Gasteiger charge is -2.18. The molecule has 0 saturated heterocycles. The van der Waals surface area contributed by atoms with Crippen LogP contribution < -0.4 is 0 Å². The summed E-state index contributed by atoms with van der Waals surface area (Å²) in [6, 6.07) is 0. The van der Waals surface area contributed by atoms with Crippen LogP contribution in [0.4, 0.5) is 0 Å². The molecule has 0 amide bonds. The number of hydrogen-bond acceptors (Lipinski definition) is 4. The van der Waals surface area contributed by atoms with Crippen molar-refractivity contribution in [2.45, 2.75) is 34.6 Å². The quantitative estimate of drug-likeness (QED) is 0.812. The first kappa shape index (κ1) is 15.2. The third-order valence-electron chi connectivity index (χ3n) is 3.43. The predicted molar refractivity (Wildman–Crippen MR) is 81.3 cm³/mol. The molecule has 2 aromatic heterocycles. The van der Waals surface area contributed by atoms with Crippen LogP contribution in [0, 0.1) is 19.3 Å². The molecule has 0 aromatic carbocycles. The lowest BCUT2D eigenvalue weighted by atomic mass is 9.88. The van der Waals surface area contributed by atoms with Crippen molar-refractivity contribution < 1.29 is 4.79 Å². The summed E-state index contributed by atoms with van der Waals surface area (Å²) in [5.74, 6) is 0.00986. The number of Topliss-reactive ketones (excluding diaryl/α,β-unsaturated/α-hetero) is 1. The van der Waals surface area contributed by atoms with Gasteiger partial charge in [-0.15, -0.1) is 0 Å². The van der Waals surface area contributed by atoms with Crippen molar-refractivity contribution in [3.8, 4) is 0 Å². The van der Waals surface area contributed by atoms with E-state index in [1.165, 1.54) is 17.3 Å². The summed E-state index contributed by atoms with van der Waals surface area (Å²) < 4.78 is 3.32. The molecule has 0 aliphatic heterocycles. The minimum atomic E-state index is -0.498. The Morgan fingerprint density at radius 1 is 1.29 bits per heavy atom. The fourth-order valence-electron chi connectivity index (χ4n) is 2.09. The van der Waals surface area contributed by atoms with Crippen LogP contribution in [0.25, 0.3) is 11.8 Å². The Labute approximate surface area is 124 Å². The molecule has 0 spiro atoms. The van der Waals surface area contributed by atoms with Gasteiger partial charge in [-0.1, -0.05) is 20.8 Å². The number of carbonyl (C=O) groups excluding carboxylic acids is 1. The number of rotatable bonds is 3. The molecule has 2 aromatic rings. The smallest absolute Gasteiger partial charge is 0.186 e. The largest absolute Gasteiger partial charge is 0.292 e. The second-order valence-corrected chi connectivity index (χ2v) is 6.16. The van der Waals surface area contributed by atoms with E-state index in [-0.39, 0.29) is 5.78 Å². The monoisotopic (exact) mass is 287 g/mol. The van der Waals surface area contributed by atoms with Crippen molar-refractivity contribution in [1.82, 2.24) is 24.5 Å². The first-order chi connectivity index (χ1) is 9.71. The third-order valence-corrected chi connectivity index (χ3v) is 3.43. The van der Waals surface area contributed by atoms with Gasteiger partial charge in [-0.05, 0) is 19.9 Å². The van der Waals surface area contributed by atoms with Crippen molar-refractivity contribution >= 4 is 17.6 Å². The van der Waals surface area contributed by atoms with Crippen LogP contribution in [-0.4, -0.2) is 30.3 Å². The molecular formula is C15H21N5O. The zero-order valence-corrected chi connectivity index (χ0v) is 13.4. The van der Waals surface area contributed by atoms with E-state index in [0.29, 0.717) is 5.70 Å². The average Bonchev–Trinajstić information content (AvgIpc) is 2.97. The SMILES string of the molecule is Cc1nn(C)c(C)c1/C=C(/C(=O)C(C)(C)C)n1cncn1. The van der Waals surface area contributed by atoms with Gasteiger partial charge < -0.3 is 0 Å². The molecule has 0 fully saturated rings. The second-order valence-electron chi connectivity index (χ2n) is 6.16. The van der Waals surface area contributed by atoms with Crippen molar-refractivity contribution in [3.63, 3.8) is 0 Å². The highest BCUT2D eigenvalue weighted by molar-refractivity contribution is 6.21. The number of aryl methyl sites for hydroxylation is 2. The second kappa shape index (κ2) is 5.27. The maximum Gasteiger partial charge on any atom is 0.186 e. The van der Waals surface area contributed by atoms with Gasteiger partial charge in [-0.3, -0.25) is 9.48 Å². The summed E-state index contributed by atoms with van der Waals surface area (Å²) in [5, 5.41) is 8.48. The Morgan fingerprint density at radius 2 is 1.95 bits per heavy atom. The van der Waals surface area contributed by atoms with Crippen LogP contribution in [-0.2, 0) is 11.8 Å². The number of hydrogen-bond donors (Lipinski definition) is 0. The van der Waals surface area contributed by atoms with Crippen molar-refractivity contribution in [1.29, 1.82) is 0 Å². The van der Waals surface area contributed by atoms with Crippen LogP contribution >= 0.6 is 0 Å². The molecule has 0 bridgehead atoms. The number of carbonyl (C=O) groups is 1. The summed E-state index contributed by atoms with van der Waals surface area (Å²) in [4.78, 5) is 16.7. The zero-order chi connectivity index (χ0) is 15.8. The highest BCUT2D eigenvalue weighted by atomic mass is 16.1. The van der Waals surface area contributed by atoms with E-state index in [9.17, 15) is 4.79 Å². The Hall–Kier alpha value is -2.24. The summed E-state index contributed by atoms with van der Waals surface area (Å²) in [6.07, 6.45) is 4.81. The molecule has 6 heteroatoms. The van der Waals surface area contributed by atoms with Gasteiger partial charge in [0.15, 0.2) is 5.78 Å². The summed E-state index contributed by atoms with van der Waals surface area (Å²) in [7, 11) is 1.89. The first-order valence-corrected chi connectivity index (χ1v) is 6.83. The van der Waals surface area contributed by atoms with Gasteiger partial charge in [0.05, 0.1) is 5.69 Å². The van der Waals surface area contributed by atoms with E-state index in [2.05, 4.69) is 15.2 Å². The molecular weight excluding hydrogens is 266 g/mol. The molecule has 0 unspecified atom stereocenters. The number of aromatic nitrogens is 5. The average molecular weight is 287 g/mol. The number of allylic oxidation sites excluding steroid dienone is 1. The maximum absolute atomic E-state index is 12.7. The lowest BCUT2D eigenvalue weighted by Crippen LogP contribution is -2.24. The van der Waals surface area contributed by atoms with E-state index >= 15 is 0 Å². The van der Waals surface area contributed by atoms with Gasteiger partial charge >= 0.3 is 0 Å². The van der Waals surface area contributed by atoms with Crippen LogP contribution in [0.15, 0.2) is 12.7 Å². The number of ketones is 1. The molecule has 2 heterocycles. The zero-order valence-electron chi connectivity index (χ0n) is 13.4. The molecule has 0 saturated carbocycles. The van der Waals surface area contributed by atoms with E-state index in [1.807, 2.05) is 52.4 Å². The first-order valence-electron chi connectivity index (χ1n) is 6.83. The normalized spacial score (nSPS) is 12.8. The summed E-state index contributed by atoms with van der Waals surface area (Å²) in [5.41, 5.74) is 2.84. The van der Waals surface area contributed by atoms with E-state index in [0.717, 1.165) is 17.0 Å². The fourth-order valence-corrected chi connectivity index (χ4v) is 2.09. The standard InChI is InChI=1S/C15H21N5O/c1-10-12(11(2)19(6)18-10)7-13(14(21)15(3,4)5)20-9-16-8-17-20/h7-9H,1-6H3/b13-7-. The Morgan fingerprint density at radius 3 is 2.38 bits per heavy atom. The molecule has 0 N–H and O–H groups in total. The molecule has 0 aliphatic rings. The number of nitrogens with zero attached hydrogens (tertiary/aromatic N) is 5. The molecule has 112 valence electrons. The lowest BCUT2D eigenvalue weighted by molar-refractivity contribution is -0.120. The highest BCUT2D eigenvalue weighted by Crippen LogP contribution is 2.25. The highest BCUT2D eigenvalue weighted by Gasteiger charge is 2.27. The van der Waals surface area contributed by atoms with Gasteiger partial charge in [0.2, 0.25) is 0 Å². The van der Waals surface area contributed by atoms with Crippen LogP contribution in [0.2, 0.25) is 0 Å². The minimum Gasteiger partial charge on any atom is -0.292 e. The van der Waals surface area contributed by atoms with E-state index in [4.69, 9.17) is 0 Å².